The van der Waals surface area contributed by atoms with Crippen LogP contribution in [0, 0.1) is 5.92 Å². The van der Waals surface area contributed by atoms with Crippen molar-refractivity contribution in [2.45, 2.75) is 33.1 Å². The van der Waals surface area contributed by atoms with Crippen LogP contribution in [0.1, 0.15) is 42.6 Å². The van der Waals surface area contributed by atoms with Crippen molar-refractivity contribution in [3.63, 3.8) is 0 Å². The molecule has 0 fully saturated rings. The second-order valence-corrected chi connectivity index (χ2v) is 7.78. The zero-order chi connectivity index (χ0) is 22.1. The Morgan fingerprint density at radius 3 is 2.06 bits per heavy atom. The summed E-state index contributed by atoms with van der Waals surface area (Å²) in [5.74, 6) is 1.54. The highest BCUT2D eigenvalue weighted by molar-refractivity contribution is 5.91. The minimum atomic E-state index is -0.379. The fourth-order valence-electron chi connectivity index (χ4n) is 3.21. The minimum Gasteiger partial charge on any atom is -0.493 e. The molecule has 1 unspecified atom stereocenters. The quantitative estimate of drug-likeness (QED) is 0.153. The monoisotopic (exact) mass is 414 g/mol. The SMILES string of the molecule is C=CCCOc1ccc(OC(=O)c2ccc(-c3ccc(CC(C)CC)cc3)cc2)cc1. The van der Waals surface area contributed by atoms with E-state index in [0.717, 1.165) is 29.7 Å². The second kappa shape index (κ2) is 11.2. The third-order valence-corrected chi connectivity index (χ3v) is 5.31. The minimum absolute atomic E-state index is 0.379. The Morgan fingerprint density at radius 1 is 0.903 bits per heavy atom. The summed E-state index contributed by atoms with van der Waals surface area (Å²) >= 11 is 0. The van der Waals surface area contributed by atoms with Crippen LogP contribution in [-0.2, 0) is 6.42 Å². The Morgan fingerprint density at radius 2 is 1.48 bits per heavy atom. The van der Waals surface area contributed by atoms with Crippen molar-refractivity contribution in [3.8, 4) is 22.6 Å². The van der Waals surface area contributed by atoms with Crippen LogP contribution < -0.4 is 9.47 Å². The molecular weight excluding hydrogens is 384 g/mol. The van der Waals surface area contributed by atoms with Crippen LogP contribution in [0.3, 0.4) is 0 Å². The molecule has 3 nitrogen and oxygen atoms in total. The van der Waals surface area contributed by atoms with Crippen molar-refractivity contribution >= 4 is 5.97 Å². The van der Waals surface area contributed by atoms with E-state index in [1.165, 1.54) is 12.0 Å². The lowest BCUT2D eigenvalue weighted by Crippen LogP contribution is -2.08. The lowest BCUT2D eigenvalue weighted by atomic mass is 9.96. The Labute approximate surface area is 185 Å². The van der Waals surface area contributed by atoms with Gasteiger partial charge in [0.2, 0.25) is 0 Å². The molecule has 0 aromatic heterocycles. The summed E-state index contributed by atoms with van der Waals surface area (Å²) in [6.45, 7) is 8.75. The van der Waals surface area contributed by atoms with Crippen molar-refractivity contribution in [1.82, 2.24) is 0 Å². The number of benzene rings is 3. The van der Waals surface area contributed by atoms with Gasteiger partial charge in [0.1, 0.15) is 11.5 Å². The summed E-state index contributed by atoms with van der Waals surface area (Å²) in [6.07, 6.45) is 4.88. The molecule has 0 aliphatic carbocycles. The Bertz CT molecular complexity index is 970. The number of ether oxygens (including phenoxy) is 2. The van der Waals surface area contributed by atoms with Gasteiger partial charge in [-0.25, -0.2) is 4.79 Å². The van der Waals surface area contributed by atoms with E-state index in [9.17, 15) is 4.79 Å². The van der Waals surface area contributed by atoms with Gasteiger partial charge in [0.15, 0.2) is 0 Å². The normalized spacial score (nSPS) is 11.5. The van der Waals surface area contributed by atoms with Gasteiger partial charge in [-0.2, -0.15) is 0 Å². The Balaban J connectivity index is 1.59. The molecular formula is C28H30O3. The fourth-order valence-corrected chi connectivity index (χ4v) is 3.21. The highest BCUT2D eigenvalue weighted by Crippen LogP contribution is 2.23. The molecule has 160 valence electrons. The van der Waals surface area contributed by atoms with E-state index in [1.807, 2.05) is 18.2 Å². The second-order valence-electron chi connectivity index (χ2n) is 7.78. The lowest BCUT2D eigenvalue weighted by Gasteiger charge is -2.10. The van der Waals surface area contributed by atoms with Gasteiger partial charge < -0.3 is 9.47 Å². The Kier molecular flexibility index (Phi) is 8.05. The van der Waals surface area contributed by atoms with Crippen molar-refractivity contribution in [2.24, 2.45) is 5.92 Å². The average Bonchev–Trinajstić information content (AvgIpc) is 2.81. The highest BCUT2D eigenvalue weighted by atomic mass is 16.5. The summed E-state index contributed by atoms with van der Waals surface area (Å²) in [5, 5.41) is 0. The summed E-state index contributed by atoms with van der Waals surface area (Å²) in [5.41, 5.74) is 4.09. The van der Waals surface area contributed by atoms with E-state index in [1.54, 1.807) is 36.4 Å². The number of hydrogen-bond acceptors (Lipinski definition) is 3. The number of carbonyl (C=O) groups is 1. The number of hydrogen-bond donors (Lipinski definition) is 0. The molecule has 3 aromatic rings. The van der Waals surface area contributed by atoms with Gasteiger partial charge in [-0.15, -0.1) is 6.58 Å². The topological polar surface area (TPSA) is 35.5 Å². The first-order valence-electron chi connectivity index (χ1n) is 10.8. The molecule has 0 heterocycles. The van der Waals surface area contributed by atoms with Crippen molar-refractivity contribution in [3.05, 3.63) is 96.6 Å². The molecule has 0 amide bonds. The standard InChI is InChI=1S/C28H30O3/c1-4-6-19-30-26-15-17-27(18-16-26)31-28(29)25-13-11-24(12-14-25)23-9-7-22(8-10-23)20-21(3)5-2/h4,7-18,21H,1,5-6,19-20H2,2-3H3. The molecule has 0 bridgehead atoms. The highest BCUT2D eigenvalue weighted by Gasteiger charge is 2.10. The molecule has 0 aliphatic heterocycles. The maximum absolute atomic E-state index is 12.5. The van der Waals surface area contributed by atoms with Crippen molar-refractivity contribution < 1.29 is 14.3 Å². The van der Waals surface area contributed by atoms with Gasteiger partial charge in [0.05, 0.1) is 12.2 Å². The molecule has 3 heteroatoms. The van der Waals surface area contributed by atoms with E-state index in [2.05, 4.69) is 44.7 Å². The lowest BCUT2D eigenvalue weighted by molar-refractivity contribution is 0.0734. The molecule has 0 saturated carbocycles. The zero-order valence-corrected chi connectivity index (χ0v) is 18.3. The van der Waals surface area contributed by atoms with E-state index in [4.69, 9.17) is 9.47 Å². The first-order chi connectivity index (χ1) is 15.1. The molecule has 0 N–H and O–H groups in total. The largest absolute Gasteiger partial charge is 0.493 e. The molecule has 0 spiro atoms. The first-order valence-corrected chi connectivity index (χ1v) is 10.8. The molecule has 0 aliphatic rings. The first kappa shape index (κ1) is 22.4. The summed E-state index contributed by atoms with van der Waals surface area (Å²) in [6, 6.07) is 23.2. The van der Waals surface area contributed by atoms with E-state index < -0.39 is 0 Å². The smallest absolute Gasteiger partial charge is 0.343 e. The molecule has 1 atom stereocenters. The predicted molar refractivity (Wildman–Crippen MR) is 127 cm³/mol. The number of rotatable bonds is 10. The summed E-state index contributed by atoms with van der Waals surface area (Å²) in [4.78, 5) is 12.5. The Hall–Kier alpha value is -3.33. The fraction of sp³-hybridized carbons (Fsp3) is 0.250. The summed E-state index contributed by atoms with van der Waals surface area (Å²) in [7, 11) is 0. The van der Waals surface area contributed by atoms with Crippen LogP contribution in [0.15, 0.2) is 85.5 Å². The molecule has 0 saturated heterocycles. The summed E-state index contributed by atoms with van der Waals surface area (Å²) < 4.78 is 11.0. The third-order valence-electron chi connectivity index (χ3n) is 5.31. The van der Waals surface area contributed by atoms with Gasteiger partial charge in [0.25, 0.3) is 0 Å². The van der Waals surface area contributed by atoms with Crippen LogP contribution >= 0.6 is 0 Å². The van der Waals surface area contributed by atoms with Crippen LogP contribution in [-0.4, -0.2) is 12.6 Å². The van der Waals surface area contributed by atoms with Gasteiger partial charge in [-0.05, 0) is 71.8 Å². The van der Waals surface area contributed by atoms with Crippen molar-refractivity contribution in [2.75, 3.05) is 6.61 Å². The maximum Gasteiger partial charge on any atom is 0.343 e. The van der Waals surface area contributed by atoms with E-state index >= 15 is 0 Å². The van der Waals surface area contributed by atoms with Crippen LogP contribution in [0.5, 0.6) is 11.5 Å². The predicted octanol–water partition coefficient (Wildman–Crippen LogP) is 7.12. The average molecular weight is 415 g/mol. The van der Waals surface area contributed by atoms with Crippen LogP contribution in [0.2, 0.25) is 0 Å². The number of esters is 1. The van der Waals surface area contributed by atoms with E-state index in [-0.39, 0.29) is 5.97 Å². The molecule has 0 radical (unpaired) electrons. The van der Waals surface area contributed by atoms with Crippen LogP contribution in [0.25, 0.3) is 11.1 Å². The number of carbonyl (C=O) groups excluding carboxylic acids is 1. The molecule has 31 heavy (non-hydrogen) atoms. The van der Waals surface area contributed by atoms with Gasteiger partial charge >= 0.3 is 5.97 Å². The van der Waals surface area contributed by atoms with Gasteiger partial charge in [-0.3, -0.25) is 0 Å². The molecule has 3 aromatic carbocycles. The van der Waals surface area contributed by atoms with Gasteiger partial charge in [0, 0.05) is 0 Å². The van der Waals surface area contributed by atoms with E-state index in [0.29, 0.717) is 23.8 Å². The molecule has 3 rings (SSSR count). The maximum atomic E-state index is 12.5. The van der Waals surface area contributed by atoms with Crippen LogP contribution in [0.4, 0.5) is 0 Å². The zero-order valence-electron chi connectivity index (χ0n) is 18.3. The third kappa shape index (κ3) is 6.58. The van der Waals surface area contributed by atoms with Crippen molar-refractivity contribution in [1.29, 1.82) is 0 Å². The van der Waals surface area contributed by atoms with Gasteiger partial charge in [-0.1, -0.05) is 62.7 Å².